The van der Waals surface area contributed by atoms with Crippen LogP contribution in [0.2, 0.25) is 0 Å². The Morgan fingerprint density at radius 2 is 1.36 bits per heavy atom. The molecule has 4 rings (SSSR count). The first-order chi connectivity index (χ1) is 13.7. The van der Waals surface area contributed by atoms with Crippen LogP contribution in [0.25, 0.3) is 0 Å². The quantitative estimate of drug-likeness (QED) is 0.668. The van der Waals surface area contributed by atoms with Crippen LogP contribution in [0.15, 0.2) is 78.9 Å². The maximum atomic E-state index is 13.0. The number of benzene rings is 3. The van der Waals surface area contributed by atoms with Crippen LogP contribution in [0.4, 0.5) is 10.1 Å². The van der Waals surface area contributed by atoms with Crippen molar-refractivity contribution in [3.63, 3.8) is 0 Å². The number of halogens is 1. The average molecular weight is 376 g/mol. The Balaban J connectivity index is 1.34. The van der Waals surface area contributed by atoms with Gasteiger partial charge in [0.1, 0.15) is 17.3 Å². The van der Waals surface area contributed by atoms with Gasteiger partial charge < -0.3 is 14.5 Å². The highest BCUT2D eigenvalue weighted by Crippen LogP contribution is 2.25. The Labute approximate surface area is 163 Å². The molecule has 3 aromatic carbocycles. The number of carbonyl (C=O) groups is 1. The number of rotatable bonds is 4. The number of amides is 1. The summed E-state index contributed by atoms with van der Waals surface area (Å²) in [7, 11) is 0. The first-order valence-corrected chi connectivity index (χ1v) is 9.32. The van der Waals surface area contributed by atoms with Gasteiger partial charge in [-0.1, -0.05) is 18.2 Å². The molecule has 0 bridgehead atoms. The summed E-state index contributed by atoms with van der Waals surface area (Å²) in [4.78, 5) is 16.6. The number of piperazine rings is 1. The Bertz CT molecular complexity index is 919. The third kappa shape index (κ3) is 4.14. The maximum Gasteiger partial charge on any atom is 0.253 e. The standard InChI is InChI=1S/C23H21FN2O2/c24-19-8-6-18(7-9-19)23(27)26-16-14-25(15-17-26)20-10-12-22(13-11-20)28-21-4-2-1-3-5-21/h1-13H,14-17H2. The van der Waals surface area contributed by atoms with Crippen LogP contribution in [-0.2, 0) is 0 Å². The number of ether oxygens (including phenoxy) is 1. The molecule has 1 aliphatic rings. The van der Waals surface area contributed by atoms with Crippen LogP contribution in [0, 0.1) is 5.82 Å². The lowest BCUT2D eigenvalue weighted by Crippen LogP contribution is -2.48. The van der Waals surface area contributed by atoms with Crippen LogP contribution in [0.3, 0.4) is 0 Å². The Morgan fingerprint density at radius 3 is 2.00 bits per heavy atom. The Morgan fingerprint density at radius 1 is 0.750 bits per heavy atom. The molecule has 0 aromatic heterocycles. The van der Waals surface area contributed by atoms with Crippen molar-refractivity contribution in [2.24, 2.45) is 0 Å². The Kier molecular flexibility index (Phi) is 5.24. The number of para-hydroxylation sites is 1. The fourth-order valence-corrected chi connectivity index (χ4v) is 3.29. The lowest BCUT2D eigenvalue weighted by Gasteiger charge is -2.36. The molecule has 1 fully saturated rings. The average Bonchev–Trinajstić information content (AvgIpc) is 2.75. The SMILES string of the molecule is O=C(c1ccc(F)cc1)N1CCN(c2ccc(Oc3ccccc3)cc2)CC1. The second-order valence-electron chi connectivity index (χ2n) is 6.70. The van der Waals surface area contributed by atoms with E-state index in [1.807, 2.05) is 59.5 Å². The summed E-state index contributed by atoms with van der Waals surface area (Å²) in [5, 5.41) is 0. The number of hydrogen-bond acceptors (Lipinski definition) is 3. The van der Waals surface area contributed by atoms with E-state index in [-0.39, 0.29) is 11.7 Å². The van der Waals surface area contributed by atoms with Gasteiger partial charge in [-0.15, -0.1) is 0 Å². The molecule has 0 unspecified atom stereocenters. The van der Waals surface area contributed by atoms with Gasteiger partial charge >= 0.3 is 0 Å². The monoisotopic (exact) mass is 376 g/mol. The molecule has 0 atom stereocenters. The Hall–Kier alpha value is -3.34. The third-order valence-electron chi connectivity index (χ3n) is 4.84. The summed E-state index contributed by atoms with van der Waals surface area (Å²) in [5.74, 6) is 1.22. The third-order valence-corrected chi connectivity index (χ3v) is 4.84. The molecule has 0 saturated carbocycles. The minimum atomic E-state index is -0.332. The minimum absolute atomic E-state index is 0.0498. The maximum absolute atomic E-state index is 13.0. The van der Waals surface area contributed by atoms with Gasteiger partial charge in [-0.05, 0) is 60.7 Å². The van der Waals surface area contributed by atoms with Gasteiger partial charge in [0.25, 0.3) is 5.91 Å². The van der Waals surface area contributed by atoms with E-state index in [0.717, 1.165) is 30.3 Å². The first-order valence-electron chi connectivity index (χ1n) is 9.32. The second kappa shape index (κ2) is 8.13. The molecule has 142 valence electrons. The van der Waals surface area contributed by atoms with Gasteiger partial charge in [-0.2, -0.15) is 0 Å². The van der Waals surface area contributed by atoms with Crippen LogP contribution < -0.4 is 9.64 Å². The predicted octanol–water partition coefficient (Wildman–Crippen LogP) is 4.58. The highest BCUT2D eigenvalue weighted by atomic mass is 19.1. The molecular weight excluding hydrogens is 355 g/mol. The van der Waals surface area contributed by atoms with E-state index in [9.17, 15) is 9.18 Å². The first kappa shape index (κ1) is 18.0. The topological polar surface area (TPSA) is 32.8 Å². The minimum Gasteiger partial charge on any atom is -0.457 e. The molecule has 1 heterocycles. The van der Waals surface area contributed by atoms with Crippen molar-refractivity contribution < 1.29 is 13.9 Å². The number of carbonyl (C=O) groups excluding carboxylic acids is 1. The fourth-order valence-electron chi connectivity index (χ4n) is 3.29. The van der Waals surface area contributed by atoms with Gasteiger partial charge in [-0.25, -0.2) is 4.39 Å². The van der Waals surface area contributed by atoms with Gasteiger partial charge in [0.15, 0.2) is 0 Å². The summed E-state index contributed by atoms with van der Waals surface area (Å²) < 4.78 is 18.9. The molecule has 5 heteroatoms. The number of nitrogens with zero attached hydrogens (tertiary/aromatic N) is 2. The molecule has 1 saturated heterocycles. The van der Waals surface area contributed by atoms with Crippen molar-refractivity contribution in [1.29, 1.82) is 0 Å². The zero-order valence-electron chi connectivity index (χ0n) is 15.4. The van der Waals surface area contributed by atoms with E-state index in [1.165, 1.54) is 24.3 Å². The van der Waals surface area contributed by atoms with Crippen molar-refractivity contribution in [3.05, 3.63) is 90.2 Å². The summed E-state index contributed by atoms with van der Waals surface area (Å²) in [5.41, 5.74) is 1.63. The van der Waals surface area contributed by atoms with Crippen molar-refractivity contribution >= 4 is 11.6 Å². The molecule has 1 aliphatic heterocycles. The van der Waals surface area contributed by atoms with E-state index >= 15 is 0 Å². The van der Waals surface area contributed by atoms with Gasteiger partial charge in [0.2, 0.25) is 0 Å². The van der Waals surface area contributed by atoms with Crippen LogP contribution in [0.5, 0.6) is 11.5 Å². The summed E-state index contributed by atoms with van der Waals surface area (Å²) >= 11 is 0. The highest BCUT2D eigenvalue weighted by molar-refractivity contribution is 5.94. The molecule has 0 N–H and O–H groups in total. The van der Waals surface area contributed by atoms with Crippen molar-refractivity contribution in [1.82, 2.24) is 4.90 Å². The molecule has 4 nitrogen and oxygen atoms in total. The lowest BCUT2D eigenvalue weighted by molar-refractivity contribution is 0.0746. The fraction of sp³-hybridized carbons (Fsp3) is 0.174. The molecule has 0 aliphatic carbocycles. The van der Waals surface area contributed by atoms with E-state index < -0.39 is 0 Å². The second-order valence-corrected chi connectivity index (χ2v) is 6.70. The normalized spacial score (nSPS) is 14.0. The summed E-state index contributed by atoms with van der Waals surface area (Å²) in [6.45, 7) is 2.79. The van der Waals surface area contributed by atoms with Crippen molar-refractivity contribution in [2.45, 2.75) is 0 Å². The van der Waals surface area contributed by atoms with Crippen molar-refractivity contribution in [3.8, 4) is 11.5 Å². The molecule has 28 heavy (non-hydrogen) atoms. The van der Waals surface area contributed by atoms with Gasteiger partial charge in [-0.3, -0.25) is 4.79 Å². The predicted molar refractivity (Wildman–Crippen MR) is 107 cm³/mol. The van der Waals surface area contributed by atoms with Crippen LogP contribution in [-0.4, -0.2) is 37.0 Å². The van der Waals surface area contributed by atoms with E-state index in [1.54, 1.807) is 0 Å². The lowest BCUT2D eigenvalue weighted by atomic mass is 10.1. The van der Waals surface area contributed by atoms with E-state index in [0.29, 0.717) is 18.7 Å². The van der Waals surface area contributed by atoms with Crippen molar-refractivity contribution in [2.75, 3.05) is 31.1 Å². The van der Waals surface area contributed by atoms with Crippen LogP contribution in [0.1, 0.15) is 10.4 Å². The van der Waals surface area contributed by atoms with Crippen LogP contribution >= 0.6 is 0 Å². The molecule has 0 spiro atoms. The van der Waals surface area contributed by atoms with Gasteiger partial charge in [0, 0.05) is 37.4 Å². The van der Waals surface area contributed by atoms with E-state index in [4.69, 9.17) is 4.74 Å². The zero-order chi connectivity index (χ0) is 19.3. The number of hydrogen-bond donors (Lipinski definition) is 0. The van der Waals surface area contributed by atoms with Gasteiger partial charge in [0.05, 0.1) is 0 Å². The summed E-state index contributed by atoms with van der Waals surface area (Å²) in [6.07, 6.45) is 0. The number of anilines is 1. The summed E-state index contributed by atoms with van der Waals surface area (Å²) in [6, 6.07) is 23.4. The smallest absolute Gasteiger partial charge is 0.253 e. The zero-order valence-corrected chi connectivity index (χ0v) is 15.4. The molecule has 3 aromatic rings. The molecule has 0 radical (unpaired) electrons. The molecule has 1 amide bonds. The molecular formula is C23H21FN2O2. The van der Waals surface area contributed by atoms with E-state index in [2.05, 4.69) is 4.90 Å². The largest absolute Gasteiger partial charge is 0.457 e. The highest BCUT2D eigenvalue weighted by Gasteiger charge is 2.22.